The number of aromatic amines is 1. The number of carbonyl (C=O) groups is 1. The molecule has 38 heavy (non-hydrogen) atoms. The molecule has 0 aliphatic heterocycles. The Morgan fingerprint density at radius 1 is 1.05 bits per heavy atom. The van der Waals surface area contributed by atoms with E-state index in [2.05, 4.69) is 79.8 Å². The Hall–Kier alpha value is -4.99. The fourth-order valence-electron chi connectivity index (χ4n) is 4.78. The summed E-state index contributed by atoms with van der Waals surface area (Å²) in [4.78, 5) is 29.2. The Balaban J connectivity index is 1.38. The number of aromatic nitrogens is 6. The van der Waals surface area contributed by atoms with Crippen molar-refractivity contribution in [1.82, 2.24) is 35.0 Å². The van der Waals surface area contributed by atoms with Crippen LogP contribution in [0.4, 0.5) is 5.82 Å². The van der Waals surface area contributed by atoms with Gasteiger partial charge in [-0.1, -0.05) is 35.0 Å². The number of anilines is 1. The lowest BCUT2D eigenvalue weighted by atomic mass is 9.99. The van der Waals surface area contributed by atoms with Crippen LogP contribution in [0.3, 0.4) is 0 Å². The number of nitrogens with zero attached hydrogens (tertiary/aromatic N) is 5. The van der Waals surface area contributed by atoms with Gasteiger partial charge in [0.15, 0.2) is 11.5 Å². The fraction of sp³-hybridized carbons (Fsp3) is 0.179. The molecule has 0 unspecified atom stereocenters. The van der Waals surface area contributed by atoms with Crippen LogP contribution >= 0.6 is 0 Å². The maximum Gasteiger partial charge on any atom is 0.257 e. The van der Waals surface area contributed by atoms with Crippen LogP contribution in [-0.2, 0) is 13.1 Å². The van der Waals surface area contributed by atoms with E-state index in [1.54, 1.807) is 20.2 Å². The summed E-state index contributed by atoms with van der Waals surface area (Å²) in [5.74, 6) is 0.629. The van der Waals surface area contributed by atoms with Gasteiger partial charge in [-0.3, -0.25) is 4.79 Å². The summed E-state index contributed by atoms with van der Waals surface area (Å²) in [6, 6.07) is 14.9. The van der Waals surface area contributed by atoms with E-state index in [1.807, 2.05) is 4.57 Å². The van der Waals surface area contributed by atoms with Gasteiger partial charge in [0.05, 0.1) is 30.6 Å². The van der Waals surface area contributed by atoms with E-state index in [1.165, 1.54) is 11.9 Å². The van der Waals surface area contributed by atoms with Crippen LogP contribution in [0.5, 0.6) is 0 Å². The predicted molar refractivity (Wildman–Crippen MR) is 144 cm³/mol. The van der Waals surface area contributed by atoms with Gasteiger partial charge in [-0.25, -0.2) is 15.0 Å². The first kappa shape index (κ1) is 23.4. The number of aryl methyl sites for hydroxylation is 3. The van der Waals surface area contributed by atoms with Crippen molar-refractivity contribution in [1.29, 1.82) is 0 Å². The number of hydrogen-bond donors (Lipinski definition) is 3. The third-order valence-electron chi connectivity index (χ3n) is 6.72. The highest BCUT2D eigenvalue weighted by Crippen LogP contribution is 2.30. The monoisotopic (exact) mass is 506 g/mol. The summed E-state index contributed by atoms with van der Waals surface area (Å²) in [6.07, 6.45) is 3.18. The molecule has 10 nitrogen and oxygen atoms in total. The molecule has 0 saturated heterocycles. The summed E-state index contributed by atoms with van der Waals surface area (Å²) < 4.78 is 7.10. The molecule has 1 amide bonds. The van der Waals surface area contributed by atoms with E-state index in [0.717, 1.165) is 33.3 Å². The highest BCUT2D eigenvalue weighted by atomic mass is 16.5. The second-order valence-corrected chi connectivity index (χ2v) is 9.45. The zero-order valence-corrected chi connectivity index (χ0v) is 21.2. The van der Waals surface area contributed by atoms with Crippen molar-refractivity contribution in [2.75, 3.05) is 5.73 Å². The van der Waals surface area contributed by atoms with Crippen molar-refractivity contribution in [3.63, 3.8) is 0 Å². The van der Waals surface area contributed by atoms with Crippen LogP contribution in [0, 0.1) is 20.8 Å². The third-order valence-corrected chi connectivity index (χ3v) is 6.72. The van der Waals surface area contributed by atoms with E-state index in [0.29, 0.717) is 47.1 Å². The van der Waals surface area contributed by atoms with E-state index < -0.39 is 0 Å². The largest absolute Gasteiger partial charge is 0.382 e. The number of nitrogens with two attached hydrogens (primary N) is 1. The van der Waals surface area contributed by atoms with Gasteiger partial charge in [0.1, 0.15) is 23.2 Å². The molecule has 6 rings (SSSR count). The first-order chi connectivity index (χ1) is 18.4. The third kappa shape index (κ3) is 4.15. The minimum Gasteiger partial charge on any atom is -0.382 e. The number of nitrogen functional groups attached to an aromatic ring is 1. The average molecular weight is 507 g/mol. The number of nitrogens with one attached hydrogen (secondary N) is 2. The van der Waals surface area contributed by atoms with Gasteiger partial charge >= 0.3 is 0 Å². The van der Waals surface area contributed by atoms with Crippen molar-refractivity contribution >= 4 is 33.8 Å². The molecule has 0 aliphatic carbocycles. The molecule has 0 spiro atoms. The molecule has 0 bridgehead atoms. The van der Waals surface area contributed by atoms with E-state index >= 15 is 0 Å². The minimum absolute atomic E-state index is 0.220. The molecular weight excluding hydrogens is 480 g/mol. The maximum atomic E-state index is 12.8. The summed E-state index contributed by atoms with van der Waals surface area (Å²) in [7, 11) is 0. The maximum absolute atomic E-state index is 12.8. The molecule has 4 N–H and O–H groups in total. The number of hydrogen-bond acceptors (Lipinski definition) is 7. The molecule has 0 radical (unpaired) electrons. The Kier molecular flexibility index (Phi) is 5.64. The van der Waals surface area contributed by atoms with Crippen LogP contribution in [0.15, 0.2) is 59.6 Å². The van der Waals surface area contributed by atoms with Gasteiger partial charge < -0.3 is 25.1 Å². The van der Waals surface area contributed by atoms with Crippen LogP contribution in [-0.4, -0.2) is 35.6 Å². The molecule has 0 saturated carbocycles. The molecule has 0 atom stereocenters. The number of benzene rings is 2. The fourth-order valence-corrected chi connectivity index (χ4v) is 4.78. The minimum atomic E-state index is -0.220. The summed E-state index contributed by atoms with van der Waals surface area (Å²) in [5, 5.41) is 7.89. The predicted octanol–water partition coefficient (Wildman–Crippen LogP) is 4.45. The molecule has 10 heteroatoms. The highest BCUT2D eigenvalue weighted by Gasteiger charge is 2.18. The number of rotatable bonds is 6. The van der Waals surface area contributed by atoms with Gasteiger partial charge in [0, 0.05) is 11.1 Å². The number of H-pyrrole nitrogens is 1. The van der Waals surface area contributed by atoms with Gasteiger partial charge in [-0.05, 0) is 55.7 Å². The first-order valence-electron chi connectivity index (χ1n) is 12.2. The Morgan fingerprint density at radius 3 is 2.63 bits per heavy atom. The SMILES string of the molecule is Cc1ccc(-c2cc(Cn3cnc4c(N)ncnc43)c3[nH]c(CNC(=O)c4c(C)noc4C)cc3c2)cc1. The Labute approximate surface area is 217 Å². The lowest BCUT2D eigenvalue weighted by Gasteiger charge is -2.10. The van der Waals surface area contributed by atoms with Crippen molar-refractivity contribution in [3.8, 4) is 11.1 Å². The van der Waals surface area contributed by atoms with Gasteiger partial charge in [-0.2, -0.15) is 0 Å². The highest BCUT2D eigenvalue weighted by molar-refractivity contribution is 5.96. The van der Waals surface area contributed by atoms with Crippen LogP contribution in [0.2, 0.25) is 0 Å². The molecule has 0 fully saturated rings. The average Bonchev–Trinajstić information content (AvgIpc) is 3.60. The Morgan fingerprint density at radius 2 is 1.87 bits per heavy atom. The quantitative estimate of drug-likeness (QED) is 0.303. The molecule has 6 aromatic rings. The number of carbonyl (C=O) groups excluding carboxylic acids is 1. The molecule has 2 aromatic carbocycles. The standard InChI is InChI=1S/C28H26N8O2/c1-15-4-6-18(7-5-15)19-8-20-10-22(11-30-28(37)23-16(2)35-38-17(23)3)34-24(20)21(9-19)12-36-14-33-25-26(29)31-13-32-27(25)36/h4-10,13-14,34H,11-12H2,1-3H3,(H,30,37)(H2,29,31,32). The van der Waals surface area contributed by atoms with Gasteiger partial charge in [0.25, 0.3) is 5.91 Å². The normalized spacial score (nSPS) is 11.4. The lowest BCUT2D eigenvalue weighted by Crippen LogP contribution is -2.23. The van der Waals surface area contributed by atoms with Crippen LogP contribution in [0.25, 0.3) is 33.2 Å². The van der Waals surface area contributed by atoms with E-state index in [-0.39, 0.29) is 5.91 Å². The van der Waals surface area contributed by atoms with E-state index in [4.69, 9.17) is 10.3 Å². The summed E-state index contributed by atoms with van der Waals surface area (Å²) >= 11 is 0. The Bertz CT molecular complexity index is 1790. The number of amides is 1. The second kappa shape index (κ2) is 9.15. The topological polar surface area (TPSA) is 141 Å². The van der Waals surface area contributed by atoms with Crippen molar-refractivity contribution < 1.29 is 9.32 Å². The van der Waals surface area contributed by atoms with Crippen molar-refractivity contribution in [3.05, 3.63) is 89.0 Å². The second-order valence-electron chi connectivity index (χ2n) is 9.45. The molecule has 4 heterocycles. The van der Waals surface area contributed by atoms with Crippen LogP contribution in [0.1, 0.15) is 38.6 Å². The summed E-state index contributed by atoms with van der Waals surface area (Å²) in [5.41, 5.74) is 14.6. The van der Waals surface area contributed by atoms with Crippen molar-refractivity contribution in [2.45, 2.75) is 33.9 Å². The number of imidazole rings is 1. The molecule has 4 aromatic heterocycles. The zero-order valence-electron chi connectivity index (χ0n) is 21.2. The molecule has 190 valence electrons. The number of fused-ring (bicyclic) bond motifs is 2. The van der Waals surface area contributed by atoms with Gasteiger partial charge in [0.2, 0.25) is 0 Å². The molecule has 0 aliphatic rings. The molecular formula is C28H26N8O2. The first-order valence-corrected chi connectivity index (χ1v) is 12.2. The lowest BCUT2D eigenvalue weighted by molar-refractivity contribution is 0.0948. The smallest absolute Gasteiger partial charge is 0.257 e. The van der Waals surface area contributed by atoms with E-state index in [9.17, 15) is 4.79 Å². The zero-order chi connectivity index (χ0) is 26.4. The van der Waals surface area contributed by atoms with Gasteiger partial charge in [-0.15, -0.1) is 0 Å². The van der Waals surface area contributed by atoms with Crippen LogP contribution < -0.4 is 11.1 Å². The van der Waals surface area contributed by atoms with Crippen molar-refractivity contribution in [2.24, 2.45) is 0 Å². The summed E-state index contributed by atoms with van der Waals surface area (Å²) in [6.45, 7) is 6.41.